The lowest BCUT2D eigenvalue weighted by atomic mass is 10.1. The molecule has 1 fully saturated rings. The van der Waals surface area contributed by atoms with Gasteiger partial charge in [-0.25, -0.2) is 0 Å². The number of carboxylic acids is 1. The first-order chi connectivity index (χ1) is 8.62. The third kappa shape index (κ3) is 1.89. The van der Waals surface area contributed by atoms with E-state index in [1.807, 2.05) is 17.8 Å². The monoisotopic (exact) mass is 327 g/mol. The average molecular weight is 328 g/mol. The van der Waals surface area contributed by atoms with Crippen molar-refractivity contribution in [2.75, 3.05) is 5.75 Å². The second-order valence-electron chi connectivity index (χ2n) is 4.77. The van der Waals surface area contributed by atoms with Crippen LogP contribution in [0, 0.1) is 0 Å². The number of rotatable bonds is 1. The fourth-order valence-corrected chi connectivity index (χ4v) is 4.94. The van der Waals surface area contributed by atoms with E-state index in [1.54, 1.807) is 0 Å². The number of carbonyl (C=O) groups is 1. The first-order valence-corrected chi connectivity index (χ1v) is 7.82. The zero-order chi connectivity index (χ0) is 12.8. The summed E-state index contributed by atoms with van der Waals surface area (Å²) in [6.07, 6.45) is 2.67. The van der Waals surface area contributed by atoms with Crippen LogP contribution in [0.2, 0.25) is 0 Å². The number of carboxylic acid groups (broad SMARTS) is 1. The Morgan fingerprint density at radius 3 is 3.17 bits per heavy atom. The maximum atomic E-state index is 11.2. The smallest absolute Gasteiger partial charge is 0.320 e. The van der Waals surface area contributed by atoms with Gasteiger partial charge in [0.15, 0.2) is 0 Å². The minimum atomic E-state index is -0.738. The van der Waals surface area contributed by atoms with Crippen LogP contribution in [-0.4, -0.2) is 22.9 Å². The molecule has 1 aliphatic heterocycles. The summed E-state index contributed by atoms with van der Waals surface area (Å²) in [5.41, 5.74) is 2.58. The summed E-state index contributed by atoms with van der Waals surface area (Å²) >= 11 is 5.44. The van der Waals surface area contributed by atoms with E-state index < -0.39 is 12.0 Å². The minimum Gasteiger partial charge on any atom is -0.480 e. The van der Waals surface area contributed by atoms with E-state index >= 15 is 0 Å². The molecule has 0 amide bonds. The Morgan fingerprint density at radius 1 is 1.56 bits per heavy atom. The molecule has 0 bridgehead atoms. The molecule has 2 unspecified atom stereocenters. The molecule has 3 nitrogen and oxygen atoms in total. The second kappa shape index (κ2) is 4.54. The minimum absolute atomic E-state index is 0.194. The maximum Gasteiger partial charge on any atom is 0.320 e. The summed E-state index contributed by atoms with van der Waals surface area (Å²) in [6, 6.07) is 5.79. The van der Waals surface area contributed by atoms with Crippen molar-refractivity contribution < 1.29 is 9.90 Å². The van der Waals surface area contributed by atoms with Gasteiger partial charge in [0.25, 0.3) is 0 Å². The Labute approximate surface area is 118 Å². The quantitative estimate of drug-likeness (QED) is 0.832. The molecule has 96 valence electrons. The van der Waals surface area contributed by atoms with Crippen LogP contribution < -0.4 is 5.32 Å². The van der Waals surface area contributed by atoms with Gasteiger partial charge in [-0.2, -0.15) is 0 Å². The highest BCUT2D eigenvalue weighted by molar-refractivity contribution is 9.10. The van der Waals surface area contributed by atoms with Crippen LogP contribution >= 0.6 is 27.7 Å². The van der Waals surface area contributed by atoms with Gasteiger partial charge in [0.1, 0.15) is 6.04 Å². The lowest BCUT2D eigenvalue weighted by Gasteiger charge is -2.38. The summed E-state index contributed by atoms with van der Waals surface area (Å²) in [5, 5.41) is 12.6. The average Bonchev–Trinajstić information content (AvgIpc) is 2.70. The van der Waals surface area contributed by atoms with Crippen molar-refractivity contribution in [3.8, 4) is 0 Å². The molecule has 5 heteroatoms. The Balaban J connectivity index is 1.99. The van der Waals surface area contributed by atoms with Crippen molar-refractivity contribution in [2.24, 2.45) is 0 Å². The van der Waals surface area contributed by atoms with Crippen LogP contribution in [0.15, 0.2) is 22.7 Å². The first-order valence-electron chi connectivity index (χ1n) is 6.05. The van der Waals surface area contributed by atoms with Crippen molar-refractivity contribution in [2.45, 2.75) is 30.2 Å². The highest BCUT2D eigenvalue weighted by Gasteiger charge is 2.44. The molecular formula is C13H14BrNO2S. The highest BCUT2D eigenvalue weighted by Crippen LogP contribution is 2.49. The summed E-state index contributed by atoms with van der Waals surface area (Å²) in [6.45, 7) is 0. The van der Waals surface area contributed by atoms with Crippen molar-refractivity contribution in [3.63, 3.8) is 0 Å². The molecule has 1 spiro atoms. The fraction of sp³-hybridized carbons (Fsp3) is 0.462. The number of nitrogens with one attached hydrogen (secondary N) is 1. The summed E-state index contributed by atoms with van der Waals surface area (Å²) in [7, 11) is 0. The summed E-state index contributed by atoms with van der Waals surface area (Å²) < 4.78 is 1.14. The molecular weight excluding hydrogens is 314 g/mol. The van der Waals surface area contributed by atoms with Crippen molar-refractivity contribution >= 4 is 33.7 Å². The molecule has 2 aliphatic rings. The van der Waals surface area contributed by atoms with E-state index in [1.165, 1.54) is 11.1 Å². The standard InChI is InChI=1S/C13H14BrNO2S/c14-10-3-1-2-9-8(10)4-6-13(9)15-11(12(16)17)5-7-18-13/h1-3,11,15H,4-7H2,(H,16,17). The molecule has 1 heterocycles. The molecule has 0 saturated carbocycles. The second-order valence-corrected chi connectivity index (χ2v) is 7.01. The lowest BCUT2D eigenvalue weighted by molar-refractivity contribution is -0.140. The Bertz CT molecular complexity index is 508. The normalized spacial score (nSPS) is 30.4. The van der Waals surface area contributed by atoms with Crippen LogP contribution in [0.25, 0.3) is 0 Å². The summed E-state index contributed by atoms with van der Waals surface area (Å²) in [4.78, 5) is 11.0. The number of aliphatic carboxylic acids is 1. The van der Waals surface area contributed by atoms with Gasteiger partial charge in [0, 0.05) is 4.47 Å². The SMILES string of the molecule is O=C(O)C1CCSC2(CCc3c(Br)cccc32)N1. The molecule has 1 aliphatic carbocycles. The van der Waals surface area contributed by atoms with Gasteiger partial charge < -0.3 is 5.11 Å². The number of thioether (sulfide) groups is 1. The van der Waals surface area contributed by atoms with Crippen LogP contribution in [0.4, 0.5) is 0 Å². The summed E-state index contributed by atoms with van der Waals surface area (Å²) in [5.74, 6) is 0.161. The van der Waals surface area contributed by atoms with Gasteiger partial charge >= 0.3 is 5.97 Å². The van der Waals surface area contributed by atoms with E-state index in [0.717, 1.165) is 23.1 Å². The van der Waals surface area contributed by atoms with E-state index in [4.69, 9.17) is 0 Å². The van der Waals surface area contributed by atoms with E-state index in [2.05, 4.69) is 33.4 Å². The van der Waals surface area contributed by atoms with Crippen LogP contribution in [0.5, 0.6) is 0 Å². The Hall–Kier alpha value is -0.520. The van der Waals surface area contributed by atoms with E-state index in [9.17, 15) is 9.90 Å². The lowest BCUT2D eigenvalue weighted by Crippen LogP contribution is -2.51. The van der Waals surface area contributed by atoms with Crippen LogP contribution in [0.1, 0.15) is 24.0 Å². The number of hydrogen-bond acceptors (Lipinski definition) is 3. The molecule has 0 aromatic heterocycles. The van der Waals surface area contributed by atoms with Crippen molar-refractivity contribution in [1.82, 2.24) is 5.32 Å². The van der Waals surface area contributed by atoms with Crippen molar-refractivity contribution in [1.29, 1.82) is 0 Å². The van der Waals surface area contributed by atoms with Gasteiger partial charge in [0.2, 0.25) is 0 Å². The zero-order valence-electron chi connectivity index (χ0n) is 9.78. The van der Waals surface area contributed by atoms with Gasteiger partial charge in [-0.05, 0) is 42.2 Å². The topological polar surface area (TPSA) is 49.3 Å². The largest absolute Gasteiger partial charge is 0.480 e. The first kappa shape index (κ1) is 12.5. The predicted molar refractivity (Wildman–Crippen MR) is 75.8 cm³/mol. The molecule has 1 aromatic rings. The molecule has 1 saturated heterocycles. The Kier molecular flexibility index (Phi) is 3.16. The fourth-order valence-electron chi connectivity index (χ4n) is 2.86. The van der Waals surface area contributed by atoms with Gasteiger partial charge in [0.05, 0.1) is 4.87 Å². The van der Waals surface area contributed by atoms with Gasteiger partial charge in [-0.15, -0.1) is 11.8 Å². The van der Waals surface area contributed by atoms with E-state index in [0.29, 0.717) is 6.42 Å². The Morgan fingerprint density at radius 2 is 2.39 bits per heavy atom. The van der Waals surface area contributed by atoms with Crippen LogP contribution in [0.3, 0.4) is 0 Å². The predicted octanol–water partition coefficient (Wildman–Crippen LogP) is 2.73. The third-order valence-corrected chi connectivity index (χ3v) is 5.96. The molecule has 18 heavy (non-hydrogen) atoms. The highest BCUT2D eigenvalue weighted by atomic mass is 79.9. The maximum absolute atomic E-state index is 11.2. The third-order valence-electron chi connectivity index (χ3n) is 3.74. The molecule has 3 rings (SSSR count). The molecule has 0 radical (unpaired) electrons. The number of benzene rings is 1. The van der Waals surface area contributed by atoms with Crippen molar-refractivity contribution in [3.05, 3.63) is 33.8 Å². The number of halogens is 1. The molecule has 2 atom stereocenters. The number of fused-ring (bicyclic) bond motifs is 2. The molecule has 1 aromatic carbocycles. The zero-order valence-corrected chi connectivity index (χ0v) is 12.2. The van der Waals surface area contributed by atoms with E-state index in [-0.39, 0.29) is 4.87 Å². The van der Waals surface area contributed by atoms with Crippen LogP contribution in [-0.2, 0) is 16.1 Å². The number of hydrogen-bond donors (Lipinski definition) is 2. The van der Waals surface area contributed by atoms with Gasteiger partial charge in [-0.3, -0.25) is 10.1 Å². The van der Waals surface area contributed by atoms with Gasteiger partial charge in [-0.1, -0.05) is 28.1 Å². The molecule has 2 N–H and O–H groups in total.